The Labute approximate surface area is 186 Å². The zero-order valence-corrected chi connectivity index (χ0v) is 18.9. The van der Waals surface area contributed by atoms with Gasteiger partial charge in [-0.15, -0.1) is 0 Å². The molecule has 1 unspecified atom stereocenters. The fraction of sp³-hybridized carbons (Fsp3) is 0.391. The van der Waals surface area contributed by atoms with Crippen molar-refractivity contribution in [3.8, 4) is 11.5 Å². The maximum absolute atomic E-state index is 12.2. The van der Waals surface area contributed by atoms with E-state index in [-0.39, 0.29) is 5.89 Å². The zero-order chi connectivity index (χ0) is 23.1. The predicted molar refractivity (Wildman–Crippen MR) is 115 cm³/mol. The summed E-state index contributed by atoms with van der Waals surface area (Å²) in [5.41, 5.74) is 2.44. The van der Waals surface area contributed by atoms with Crippen molar-refractivity contribution in [1.82, 2.24) is 15.3 Å². The van der Waals surface area contributed by atoms with E-state index in [1.165, 1.54) is 6.08 Å². The van der Waals surface area contributed by atoms with Crippen molar-refractivity contribution in [1.29, 1.82) is 0 Å². The van der Waals surface area contributed by atoms with Crippen molar-refractivity contribution < 1.29 is 28.1 Å². The van der Waals surface area contributed by atoms with Crippen LogP contribution in [0.5, 0.6) is 11.5 Å². The molecule has 0 saturated carbocycles. The maximum Gasteiger partial charge on any atom is 0.331 e. The number of esters is 1. The highest BCUT2D eigenvalue weighted by atomic mass is 16.6. The molecule has 0 aliphatic carbocycles. The van der Waals surface area contributed by atoms with Crippen LogP contribution in [0.15, 0.2) is 33.3 Å². The molecule has 9 nitrogen and oxygen atoms in total. The topological polar surface area (TPSA) is 110 Å². The summed E-state index contributed by atoms with van der Waals surface area (Å²) < 4.78 is 26.9. The first kappa shape index (κ1) is 23.1. The largest absolute Gasteiger partial charge is 0.493 e. The number of carbonyl (C=O) groups is 1. The van der Waals surface area contributed by atoms with Crippen LogP contribution in [-0.4, -0.2) is 28.4 Å². The van der Waals surface area contributed by atoms with Gasteiger partial charge in [-0.2, -0.15) is 4.98 Å². The molecule has 32 heavy (non-hydrogen) atoms. The summed E-state index contributed by atoms with van der Waals surface area (Å²) in [6.45, 7) is 7.72. The number of hydrogen-bond acceptors (Lipinski definition) is 9. The summed E-state index contributed by atoms with van der Waals surface area (Å²) in [4.78, 5) is 16.4. The van der Waals surface area contributed by atoms with Gasteiger partial charge in [0.2, 0.25) is 0 Å². The SMILES string of the molecule is CCCc1noc(C(C)OC(=O)/C=C/c2ccc(OCc3c(C)noc3C)c(OC)c2)n1. The highest BCUT2D eigenvalue weighted by molar-refractivity contribution is 5.87. The van der Waals surface area contributed by atoms with Crippen LogP contribution in [-0.2, 0) is 22.6 Å². The molecule has 2 aromatic heterocycles. The van der Waals surface area contributed by atoms with Crippen molar-refractivity contribution in [2.75, 3.05) is 7.11 Å². The molecule has 1 atom stereocenters. The van der Waals surface area contributed by atoms with Crippen LogP contribution < -0.4 is 9.47 Å². The van der Waals surface area contributed by atoms with E-state index in [0.29, 0.717) is 30.4 Å². The summed E-state index contributed by atoms with van der Waals surface area (Å²) in [5.74, 6) is 2.18. The normalized spacial score (nSPS) is 12.2. The summed E-state index contributed by atoms with van der Waals surface area (Å²) in [5, 5.41) is 7.79. The smallest absolute Gasteiger partial charge is 0.331 e. The number of hydrogen-bond donors (Lipinski definition) is 0. The number of carbonyl (C=O) groups excluding carboxylic acids is 1. The molecule has 0 spiro atoms. The molecule has 170 valence electrons. The fourth-order valence-corrected chi connectivity index (χ4v) is 2.95. The molecule has 0 aliphatic heterocycles. The minimum atomic E-state index is -0.639. The Kier molecular flexibility index (Phi) is 7.64. The Hall–Kier alpha value is -3.62. The predicted octanol–water partition coefficient (Wildman–Crippen LogP) is 4.53. The van der Waals surface area contributed by atoms with Gasteiger partial charge >= 0.3 is 5.97 Å². The van der Waals surface area contributed by atoms with Gasteiger partial charge in [0.15, 0.2) is 23.4 Å². The highest BCUT2D eigenvalue weighted by Crippen LogP contribution is 2.30. The van der Waals surface area contributed by atoms with Crippen LogP contribution in [0.3, 0.4) is 0 Å². The first-order valence-corrected chi connectivity index (χ1v) is 10.3. The van der Waals surface area contributed by atoms with Crippen molar-refractivity contribution in [2.45, 2.75) is 53.2 Å². The quantitative estimate of drug-likeness (QED) is 0.331. The number of aryl methyl sites for hydroxylation is 3. The molecule has 0 aliphatic rings. The summed E-state index contributed by atoms with van der Waals surface area (Å²) in [6, 6.07) is 5.36. The lowest BCUT2D eigenvalue weighted by atomic mass is 10.2. The van der Waals surface area contributed by atoms with E-state index in [4.69, 9.17) is 23.3 Å². The molecule has 0 bridgehead atoms. The first-order valence-electron chi connectivity index (χ1n) is 10.3. The molecular weight excluding hydrogens is 414 g/mol. The number of methoxy groups -OCH3 is 1. The molecule has 0 radical (unpaired) electrons. The lowest BCUT2D eigenvalue weighted by Gasteiger charge is -2.11. The number of rotatable bonds is 10. The second-order valence-electron chi connectivity index (χ2n) is 7.21. The second-order valence-corrected chi connectivity index (χ2v) is 7.21. The third kappa shape index (κ3) is 5.75. The van der Waals surface area contributed by atoms with E-state index >= 15 is 0 Å². The third-order valence-electron chi connectivity index (χ3n) is 4.75. The van der Waals surface area contributed by atoms with E-state index in [1.54, 1.807) is 32.2 Å². The van der Waals surface area contributed by atoms with Crippen LogP contribution in [0.1, 0.15) is 60.7 Å². The molecular formula is C23H27N3O6. The van der Waals surface area contributed by atoms with Crippen LogP contribution in [0.2, 0.25) is 0 Å². The maximum atomic E-state index is 12.2. The Morgan fingerprint density at radius 1 is 1.19 bits per heavy atom. The van der Waals surface area contributed by atoms with Crippen LogP contribution in [0.4, 0.5) is 0 Å². The lowest BCUT2D eigenvalue weighted by Crippen LogP contribution is -2.06. The molecule has 3 aromatic rings. The van der Waals surface area contributed by atoms with Crippen molar-refractivity contribution in [3.63, 3.8) is 0 Å². The van der Waals surface area contributed by atoms with Crippen LogP contribution in [0.25, 0.3) is 6.08 Å². The van der Waals surface area contributed by atoms with E-state index in [0.717, 1.165) is 29.0 Å². The highest BCUT2D eigenvalue weighted by Gasteiger charge is 2.17. The van der Waals surface area contributed by atoms with Crippen LogP contribution in [0, 0.1) is 13.8 Å². The molecule has 0 saturated heterocycles. The van der Waals surface area contributed by atoms with Gasteiger partial charge in [-0.05, 0) is 51.0 Å². The van der Waals surface area contributed by atoms with Gasteiger partial charge in [0.1, 0.15) is 12.4 Å². The monoisotopic (exact) mass is 441 g/mol. The summed E-state index contributed by atoms with van der Waals surface area (Å²) >= 11 is 0. The third-order valence-corrected chi connectivity index (χ3v) is 4.75. The van der Waals surface area contributed by atoms with Gasteiger partial charge in [-0.1, -0.05) is 23.3 Å². The van der Waals surface area contributed by atoms with Gasteiger partial charge in [-0.3, -0.25) is 0 Å². The van der Waals surface area contributed by atoms with Gasteiger partial charge in [-0.25, -0.2) is 4.79 Å². The first-order chi connectivity index (χ1) is 15.4. The summed E-state index contributed by atoms with van der Waals surface area (Å²) in [7, 11) is 1.55. The Balaban J connectivity index is 1.60. The minimum Gasteiger partial charge on any atom is -0.493 e. The molecule has 3 rings (SSSR count). The van der Waals surface area contributed by atoms with Crippen molar-refractivity contribution >= 4 is 12.0 Å². The van der Waals surface area contributed by atoms with Gasteiger partial charge in [0, 0.05) is 12.5 Å². The average molecular weight is 441 g/mol. The molecule has 2 heterocycles. The van der Waals surface area contributed by atoms with E-state index < -0.39 is 12.1 Å². The molecule has 9 heteroatoms. The van der Waals surface area contributed by atoms with Crippen molar-refractivity contribution in [2.24, 2.45) is 0 Å². The minimum absolute atomic E-state index is 0.275. The van der Waals surface area contributed by atoms with Crippen LogP contribution >= 0.6 is 0 Å². The van der Waals surface area contributed by atoms with Gasteiger partial charge in [0.05, 0.1) is 18.4 Å². The molecule has 1 aromatic carbocycles. The van der Waals surface area contributed by atoms with Gasteiger partial charge in [0.25, 0.3) is 5.89 Å². The fourth-order valence-electron chi connectivity index (χ4n) is 2.95. The van der Waals surface area contributed by atoms with E-state index in [1.807, 2.05) is 26.8 Å². The Bertz CT molecular complexity index is 1070. The van der Waals surface area contributed by atoms with E-state index in [9.17, 15) is 4.79 Å². The number of benzene rings is 1. The van der Waals surface area contributed by atoms with E-state index in [2.05, 4.69) is 15.3 Å². The molecule has 0 N–H and O–H groups in total. The molecule has 0 amide bonds. The molecule has 0 fully saturated rings. The van der Waals surface area contributed by atoms with Crippen molar-refractivity contribution in [3.05, 3.63) is 58.6 Å². The summed E-state index contributed by atoms with van der Waals surface area (Å²) in [6.07, 6.45) is 3.94. The number of nitrogens with zero attached hydrogens (tertiary/aromatic N) is 3. The Morgan fingerprint density at radius 2 is 2.00 bits per heavy atom. The Morgan fingerprint density at radius 3 is 2.69 bits per heavy atom. The number of aromatic nitrogens is 3. The standard InChI is InChI=1S/C23H27N3O6/c1-6-7-21-24-23(32-26-21)16(4)30-22(27)11-9-17-8-10-19(20(12-17)28-5)29-13-18-14(2)25-31-15(18)3/h8-12,16H,6-7,13H2,1-5H3/b11-9+. The lowest BCUT2D eigenvalue weighted by molar-refractivity contribution is -0.143. The zero-order valence-electron chi connectivity index (χ0n) is 18.9. The second kappa shape index (κ2) is 10.6. The van der Waals surface area contributed by atoms with Gasteiger partial charge < -0.3 is 23.3 Å². The number of ether oxygens (including phenoxy) is 3. The average Bonchev–Trinajstić information content (AvgIpc) is 3.38.